The summed E-state index contributed by atoms with van der Waals surface area (Å²) in [5, 5.41) is 0.284. The maximum atomic E-state index is 14.0. The fraction of sp³-hybridized carbons (Fsp3) is 0.300. The molecule has 0 amide bonds. The van der Waals surface area contributed by atoms with Crippen LogP contribution < -0.4 is 29.1 Å². The van der Waals surface area contributed by atoms with E-state index in [4.69, 9.17) is 37.0 Å². The molecule has 0 spiro atoms. The normalized spacial score (nSPS) is 14.8. The van der Waals surface area contributed by atoms with E-state index in [0.29, 0.717) is 43.4 Å². The summed E-state index contributed by atoms with van der Waals surface area (Å²) in [6, 6.07) is 9.92. The van der Waals surface area contributed by atoms with Crippen molar-refractivity contribution in [2.75, 3.05) is 20.3 Å². The number of rotatable bonds is 9. The molecular weight excluding hydrogens is 552 g/mol. The van der Waals surface area contributed by atoms with Gasteiger partial charge in [-0.1, -0.05) is 47.1 Å². The molecule has 208 valence electrons. The fourth-order valence-corrected chi connectivity index (χ4v) is 5.70. The predicted molar refractivity (Wildman–Crippen MR) is 155 cm³/mol. The van der Waals surface area contributed by atoms with Crippen LogP contribution in [0, 0.1) is 12.3 Å². The standard InChI is InChI=1S/C30H29ClN2O6S/c1-7-13-38-27-21(31)14-19(15-23(27)36-6)16-24-28(34)33-26(20-11-9-10-12-22(20)39-17(3)4)25(29(35)37-8-2)18(5)32-30(33)40-24/h1,9-12,14-17,26H,8,13H2,2-6H3/b24-16-/t26-/m0/s1. The van der Waals surface area contributed by atoms with Crippen molar-refractivity contribution in [2.45, 2.75) is 39.8 Å². The zero-order chi connectivity index (χ0) is 29.0. The zero-order valence-corrected chi connectivity index (χ0v) is 24.4. The van der Waals surface area contributed by atoms with Crippen LogP contribution in [-0.4, -0.2) is 37.0 Å². The molecule has 2 aromatic carbocycles. The van der Waals surface area contributed by atoms with Gasteiger partial charge in [0.1, 0.15) is 18.4 Å². The number of fused-ring (bicyclic) bond motifs is 1. The third-order valence-corrected chi connectivity index (χ3v) is 7.21. The molecule has 1 atom stereocenters. The van der Waals surface area contributed by atoms with Crippen molar-refractivity contribution in [1.82, 2.24) is 4.57 Å². The topological polar surface area (TPSA) is 88.4 Å². The van der Waals surface area contributed by atoms with E-state index in [1.165, 1.54) is 23.0 Å². The van der Waals surface area contributed by atoms with E-state index in [0.717, 1.165) is 0 Å². The molecule has 3 aromatic rings. The van der Waals surface area contributed by atoms with E-state index in [9.17, 15) is 9.59 Å². The Balaban J connectivity index is 1.94. The van der Waals surface area contributed by atoms with E-state index >= 15 is 0 Å². The first-order chi connectivity index (χ1) is 19.2. The molecule has 0 bridgehead atoms. The lowest BCUT2D eigenvalue weighted by Gasteiger charge is -2.26. The molecule has 40 heavy (non-hydrogen) atoms. The number of ether oxygens (including phenoxy) is 4. The Labute approximate surface area is 241 Å². The van der Waals surface area contributed by atoms with Gasteiger partial charge >= 0.3 is 5.97 Å². The quantitative estimate of drug-likeness (QED) is 0.278. The molecule has 0 saturated heterocycles. The molecule has 2 heterocycles. The highest BCUT2D eigenvalue weighted by Crippen LogP contribution is 2.37. The highest BCUT2D eigenvalue weighted by molar-refractivity contribution is 7.07. The number of hydrogen-bond donors (Lipinski definition) is 0. The lowest BCUT2D eigenvalue weighted by molar-refractivity contribution is -0.139. The molecule has 0 unspecified atom stereocenters. The number of esters is 1. The number of methoxy groups -OCH3 is 1. The maximum absolute atomic E-state index is 14.0. The largest absolute Gasteiger partial charge is 0.493 e. The van der Waals surface area contributed by atoms with Crippen LogP contribution in [0.15, 0.2) is 57.5 Å². The van der Waals surface area contributed by atoms with Crippen molar-refractivity contribution in [3.8, 4) is 29.6 Å². The van der Waals surface area contributed by atoms with Gasteiger partial charge in [0.2, 0.25) is 0 Å². The van der Waals surface area contributed by atoms with Gasteiger partial charge in [-0.2, -0.15) is 0 Å². The van der Waals surface area contributed by atoms with Gasteiger partial charge in [-0.15, -0.1) is 6.42 Å². The Morgan fingerprint density at radius 1 is 1.27 bits per heavy atom. The lowest BCUT2D eigenvalue weighted by atomic mass is 9.95. The van der Waals surface area contributed by atoms with Gasteiger partial charge in [-0.25, -0.2) is 9.79 Å². The van der Waals surface area contributed by atoms with E-state index in [-0.39, 0.29) is 35.5 Å². The molecule has 0 saturated carbocycles. The first kappa shape index (κ1) is 29.0. The molecule has 8 nitrogen and oxygen atoms in total. The van der Waals surface area contributed by atoms with E-state index in [1.54, 1.807) is 32.1 Å². The number of nitrogens with zero attached hydrogens (tertiary/aromatic N) is 2. The number of benzene rings is 2. The highest BCUT2D eigenvalue weighted by atomic mass is 35.5. The van der Waals surface area contributed by atoms with Crippen LogP contribution in [0.25, 0.3) is 6.08 Å². The average Bonchev–Trinajstić information content (AvgIpc) is 3.21. The van der Waals surface area contributed by atoms with Crippen molar-refractivity contribution >= 4 is 35.0 Å². The highest BCUT2D eigenvalue weighted by Gasteiger charge is 2.35. The Kier molecular flexibility index (Phi) is 9.03. The Morgan fingerprint density at radius 2 is 2.02 bits per heavy atom. The van der Waals surface area contributed by atoms with Crippen LogP contribution in [0.1, 0.15) is 44.9 Å². The molecule has 10 heteroatoms. The van der Waals surface area contributed by atoms with Gasteiger partial charge in [0.05, 0.1) is 40.6 Å². The van der Waals surface area contributed by atoms with Crippen molar-refractivity contribution in [2.24, 2.45) is 4.99 Å². The van der Waals surface area contributed by atoms with Crippen molar-refractivity contribution < 1.29 is 23.7 Å². The van der Waals surface area contributed by atoms with Gasteiger partial charge < -0.3 is 18.9 Å². The number of carbonyl (C=O) groups excluding carboxylic acids is 1. The summed E-state index contributed by atoms with van der Waals surface area (Å²) >= 11 is 7.66. The maximum Gasteiger partial charge on any atom is 0.338 e. The lowest BCUT2D eigenvalue weighted by Crippen LogP contribution is -2.40. The molecule has 0 fully saturated rings. The molecule has 0 radical (unpaired) electrons. The number of para-hydroxylation sites is 1. The number of aromatic nitrogens is 1. The first-order valence-electron chi connectivity index (χ1n) is 12.6. The first-order valence-corrected chi connectivity index (χ1v) is 13.8. The summed E-state index contributed by atoms with van der Waals surface area (Å²) < 4.78 is 24.3. The Hall–Kier alpha value is -4.00. The van der Waals surface area contributed by atoms with Crippen LogP contribution in [0.2, 0.25) is 5.02 Å². The Morgan fingerprint density at radius 3 is 2.70 bits per heavy atom. The minimum Gasteiger partial charge on any atom is -0.493 e. The summed E-state index contributed by atoms with van der Waals surface area (Å²) in [6.45, 7) is 7.51. The number of terminal acetylenes is 1. The third-order valence-electron chi connectivity index (χ3n) is 5.94. The molecule has 4 rings (SSSR count). The summed E-state index contributed by atoms with van der Waals surface area (Å²) in [5.41, 5.74) is 1.68. The molecule has 1 aromatic heterocycles. The summed E-state index contributed by atoms with van der Waals surface area (Å²) in [6.07, 6.45) is 6.88. The van der Waals surface area contributed by atoms with Crippen molar-refractivity contribution in [3.63, 3.8) is 0 Å². The third kappa shape index (κ3) is 5.79. The number of allylic oxidation sites excluding steroid dienone is 1. The van der Waals surface area contributed by atoms with Crippen LogP contribution in [0.3, 0.4) is 0 Å². The number of halogens is 1. The molecule has 1 aliphatic rings. The van der Waals surface area contributed by atoms with Crippen LogP contribution in [0.5, 0.6) is 17.2 Å². The fourth-order valence-electron chi connectivity index (χ4n) is 4.38. The van der Waals surface area contributed by atoms with E-state index < -0.39 is 12.0 Å². The van der Waals surface area contributed by atoms with Gasteiger partial charge in [0.15, 0.2) is 16.3 Å². The van der Waals surface area contributed by atoms with Crippen LogP contribution >= 0.6 is 22.9 Å². The minimum absolute atomic E-state index is 0.0260. The van der Waals surface area contributed by atoms with Gasteiger partial charge in [0.25, 0.3) is 5.56 Å². The van der Waals surface area contributed by atoms with E-state index in [1.807, 2.05) is 38.1 Å². The smallest absolute Gasteiger partial charge is 0.338 e. The van der Waals surface area contributed by atoms with Gasteiger partial charge in [-0.3, -0.25) is 9.36 Å². The van der Waals surface area contributed by atoms with Crippen LogP contribution in [-0.2, 0) is 9.53 Å². The van der Waals surface area contributed by atoms with Gasteiger partial charge in [-0.05, 0) is 57.5 Å². The molecule has 0 N–H and O–H groups in total. The van der Waals surface area contributed by atoms with Crippen molar-refractivity contribution in [1.29, 1.82) is 0 Å². The average molecular weight is 581 g/mol. The number of carbonyl (C=O) groups is 1. The zero-order valence-electron chi connectivity index (χ0n) is 22.8. The molecule has 1 aliphatic heterocycles. The number of hydrogen-bond acceptors (Lipinski definition) is 8. The van der Waals surface area contributed by atoms with Crippen LogP contribution in [0.4, 0.5) is 0 Å². The summed E-state index contributed by atoms with van der Waals surface area (Å²) in [4.78, 5) is 32.2. The monoisotopic (exact) mass is 580 g/mol. The summed E-state index contributed by atoms with van der Waals surface area (Å²) in [5.74, 6) is 3.11. The number of thiazole rings is 1. The molecular formula is C30H29ClN2O6S. The summed E-state index contributed by atoms with van der Waals surface area (Å²) in [7, 11) is 1.49. The second kappa shape index (κ2) is 12.5. The van der Waals surface area contributed by atoms with E-state index in [2.05, 4.69) is 10.9 Å². The Bertz CT molecular complexity index is 1700. The predicted octanol–water partition coefficient (Wildman–Crippen LogP) is 4.26. The van der Waals surface area contributed by atoms with Crippen molar-refractivity contribution in [3.05, 3.63) is 83.5 Å². The molecule has 0 aliphatic carbocycles. The SMILES string of the molecule is C#CCOc1c(Cl)cc(/C=c2\sc3n(c2=O)[C@@H](c2ccccc2OC(C)C)C(C(=O)OCC)=C(C)N=3)cc1OC. The second-order valence-corrected chi connectivity index (χ2v) is 10.4. The van der Waals surface area contributed by atoms with Gasteiger partial charge in [0, 0.05) is 5.56 Å². The minimum atomic E-state index is -0.801. The second-order valence-electron chi connectivity index (χ2n) is 9.03.